The smallest absolute Gasteiger partial charge is 0.335 e. The SMILES string of the molecule is C=CC(=O)Oc1cc2c(Nc3ccc(Sc4cccs4)c(Cl)c3)ncnc2cc1OCCCCN(C)C. The standard InChI is InChI=1S/C27H27ClN4O3S2/c1-4-25(33)35-23-15-19-21(16-22(23)34-12-6-5-11-32(2)3)29-17-30-27(19)31-18-9-10-24(20(28)14-18)37-26-8-7-13-36-26/h4,7-10,13-17H,1,5-6,11-12H2,2-3H3,(H,29,30,31). The van der Waals surface area contributed by atoms with Crippen LogP contribution in [0.2, 0.25) is 5.02 Å². The summed E-state index contributed by atoms with van der Waals surface area (Å²) in [6.45, 7) is 4.95. The van der Waals surface area contributed by atoms with Gasteiger partial charge >= 0.3 is 5.97 Å². The summed E-state index contributed by atoms with van der Waals surface area (Å²) in [5.41, 5.74) is 1.42. The first-order valence-corrected chi connectivity index (χ1v) is 13.7. The molecule has 0 amide bonds. The molecule has 0 spiro atoms. The molecule has 2 aromatic carbocycles. The molecule has 0 aliphatic rings. The van der Waals surface area contributed by atoms with Crippen LogP contribution in [-0.2, 0) is 4.79 Å². The number of aromatic nitrogens is 2. The zero-order chi connectivity index (χ0) is 26.2. The third-order valence-electron chi connectivity index (χ3n) is 5.24. The zero-order valence-corrected chi connectivity index (χ0v) is 23.0. The van der Waals surface area contributed by atoms with Gasteiger partial charge in [-0.05, 0) is 69.2 Å². The van der Waals surface area contributed by atoms with Gasteiger partial charge in [-0.15, -0.1) is 11.3 Å². The van der Waals surface area contributed by atoms with Gasteiger partial charge in [-0.25, -0.2) is 14.8 Å². The van der Waals surface area contributed by atoms with Crippen molar-refractivity contribution in [3.63, 3.8) is 0 Å². The van der Waals surface area contributed by atoms with Gasteiger partial charge in [0.2, 0.25) is 0 Å². The minimum atomic E-state index is -0.575. The number of thiophene rings is 1. The van der Waals surface area contributed by atoms with E-state index in [1.54, 1.807) is 35.2 Å². The second-order valence-corrected chi connectivity index (χ2v) is 11.0. The number of rotatable bonds is 12. The van der Waals surface area contributed by atoms with Crippen LogP contribution < -0.4 is 14.8 Å². The summed E-state index contributed by atoms with van der Waals surface area (Å²) in [5, 5.41) is 6.65. The first-order valence-electron chi connectivity index (χ1n) is 11.6. The number of unbranched alkanes of at least 4 members (excludes halogenated alkanes) is 1. The van der Waals surface area contributed by atoms with Crippen molar-refractivity contribution in [1.29, 1.82) is 0 Å². The molecular formula is C27H27ClN4O3S2. The molecular weight excluding hydrogens is 528 g/mol. The summed E-state index contributed by atoms with van der Waals surface area (Å²) in [6, 6.07) is 13.3. The molecule has 0 radical (unpaired) electrons. The summed E-state index contributed by atoms with van der Waals surface area (Å²) in [6.07, 6.45) is 4.45. The number of anilines is 2. The van der Waals surface area contributed by atoms with E-state index in [4.69, 9.17) is 21.1 Å². The summed E-state index contributed by atoms with van der Waals surface area (Å²) >= 11 is 9.85. The third kappa shape index (κ3) is 7.45. The van der Waals surface area contributed by atoms with E-state index in [9.17, 15) is 4.79 Å². The van der Waals surface area contributed by atoms with Crippen molar-refractivity contribution in [3.8, 4) is 11.5 Å². The number of nitrogens with zero attached hydrogens (tertiary/aromatic N) is 3. The first kappa shape index (κ1) is 26.9. The molecule has 0 fully saturated rings. The zero-order valence-electron chi connectivity index (χ0n) is 20.6. The van der Waals surface area contributed by atoms with Crippen molar-refractivity contribution in [2.24, 2.45) is 0 Å². The molecule has 1 N–H and O–H groups in total. The Hall–Kier alpha value is -3.11. The summed E-state index contributed by atoms with van der Waals surface area (Å²) in [7, 11) is 4.07. The molecule has 0 aliphatic carbocycles. The maximum absolute atomic E-state index is 12.0. The summed E-state index contributed by atoms with van der Waals surface area (Å²) < 4.78 is 12.6. The predicted molar refractivity (Wildman–Crippen MR) is 152 cm³/mol. The minimum Gasteiger partial charge on any atom is -0.490 e. The van der Waals surface area contributed by atoms with Gasteiger partial charge in [0.1, 0.15) is 12.1 Å². The molecule has 0 saturated heterocycles. The second kappa shape index (κ2) is 12.9. The number of halogens is 1. The molecule has 0 unspecified atom stereocenters. The van der Waals surface area contributed by atoms with Crippen molar-refractivity contribution in [1.82, 2.24) is 14.9 Å². The number of hydrogen-bond donors (Lipinski definition) is 1. The van der Waals surface area contributed by atoms with Gasteiger partial charge in [-0.2, -0.15) is 0 Å². The van der Waals surface area contributed by atoms with E-state index >= 15 is 0 Å². The van der Waals surface area contributed by atoms with Gasteiger partial charge in [0, 0.05) is 28.1 Å². The van der Waals surface area contributed by atoms with E-state index < -0.39 is 5.97 Å². The number of esters is 1. The average Bonchev–Trinajstić information content (AvgIpc) is 3.39. The van der Waals surface area contributed by atoms with Gasteiger partial charge in [0.15, 0.2) is 11.5 Å². The van der Waals surface area contributed by atoms with E-state index in [0.717, 1.165) is 36.0 Å². The van der Waals surface area contributed by atoms with Crippen LogP contribution >= 0.6 is 34.7 Å². The fraction of sp³-hybridized carbons (Fsp3) is 0.222. The minimum absolute atomic E-state index is 0.281. The van der Waals surface area contributed by atoms with Crippen molar-refractivity contribution in [2.45, 2.75) is 21.9 Å². The lowest BCUT2D eigenvalue weighted by Gasteiger charge is -2.15. The Kier molecular flexibility index (Phi) is 9.40. The molecule has 0 aliphatic heterocycles. The highest BCUT2D eigenvalue weighted by atomic mass is 35.5. The number of fused-ring (bicyclic) bond motifs is 1. The largest absolute Gasteiger partial charge is 0.490 e. The third-order valence-corrected chi connectivity index (χ3v) is 7.77. The van der Waals surface area contributed by atoms with Crippen molar-refractivity contribution < 1.29 is 14.3 Å². The number of benzene rings is 2. The number of ether oxygens (including phenoxy) is 2. The van der Waals surface area contributed by atoms with E-state index in [-0.39, 0.29) is 5.75 Å². The Morgan fingerprint density at radius 2 is 2.05 bits per heavy atom. The topological polar surface area (TPSA) is 76.6 Å². The van der Waals surface area contributed by atoms with E-state index in [1.807, 2.05) is 43.7 Å². The molecule has 4 aromatic rings. The molecule has 7 nitrogen and oxygen atoms in total. The Morgan fingerprint density at radius 1 is 1.19 bits per heavy atom. The predicted octanol–water partition coefficient (Wildman–Crippen LogP) is 7.05. The Bertz CT molecular complexity index is 1380. The number of carbonyl (C=O) groups is 1. The maximum atomic E-state index is 12.0. The molecule has 10 heteroatoms. The normalized spacial score (nSPS) is 11.0. The highest BCUT2D eigenvalue weighted by Crippen LogP contribution is 2.39. The van der Waals surface area contributed by atoms with Crippen molar-refractivity contribution >= 4 is 63.1 Å². The summed E-state index contributed by atoms with van der Waals surface area (Å²) in [4.78, 5) is 23.9. The Morgan fingerprint density at radius 3 is 2.78 bits per heavy atom. The first-order chi connectivity index (χ1) is 17.9. The lowest BCUT2D eigenvalue weighted by molar-refractivity contribution is -0.129. The number of carbonyl (C=O) groups excluding carboxylic acids is 1. The maximum Gasteiger partial charge on any atom is 0.335 e. The monoisotopic (exact) mass is 554 g/mol. The number of nitrogens with one attached hydrogen (secondary N) is 1. The molecule has 2 aromatic heterocycles. The Balaban J connectivity index is 1.57. The molecule has 2 heterocycles. The van der Waals surface area contributed by atoms with Gasteiger partial charge in [0.25, 0.3) is 0 Å². The van der Waals surface area contributed by atoms with Crippen LogP contribution in [0.3, 0.4) is 0 Å². The fourth-order valence-electron chi connectivity index (χ4n) is 3.45. The van der Waals surface area contributed by atoms with Gasteiger partial charge < -0.3 is 19.7 Å². The van der Waals surface area contributed by atoms with Crippen LogP contribution in [0.1, 0.15) is 12.8 Å². The van der Waals surface area contributed by atoms with Crippen molar-refractivity contribution in [3.05, 3.63) is 71.8 Å². The van der Waals surface area contributed by atoms with Gasteiger partial charge in [-0.3, -0.25) is 0 Å². The van der Waals surface area contributed by atoms with Crippen LogP contribution in [0.4, 0.5) is 11.5 Å². The van der Waals surface area contributed by atoms with Gasteiger partial charge in [0.05, 0.1) is 21.4 Å². The molecule has 192 valence electrons. The average molecular weight is 555 g/mol. The highest BCUT2D eigenvalue weighted by molar-refractivity contribution is 8.01. The van der Waals surface area contributed by atoms with Crippen LogP contribution in [0.5, 0.6) is 11.5 Å². The molecule has 37 heavy (non-hydrogen) atoms. The van der Waals surface area contributed by atoms with Crippen LogP contribution in [-0.4, -0.2) is 48.1 Å². The second-order valence-electron chi connectivity index (χ2n) is 8.33. The molecule has 0 saturated carbocycles. The van der Waals surface area contributed by atoms with E-state index in [2.05, 4.69) is 32.8 Å². The Labute approximate surface area is 229 Å². The van der Waals surface area contributed by atoms with Gasteiger partial charge in [-0.1, -0.05) is 36.0 Å². The highest BCUT2D eigenvalue weighted by Gasteiger charge is 2.15. The quantitative estimate of drug-likeness (QED) is 0.0863. The van der Waals surface area contributed by atoms with Crippen LogP contribution in [0.15, 0.2) is 75.9 Å². The number of hydrogen-bond acceptors (Lipinski definition) is 9. The lowest BCUT2D eigenvalue weighted by atomic mass is 10.2. The van der Waals surface area contributed by atoms with Crippen LogP contribution in [0.25, 0.3) is 10.9 Å². The lowest BCUT2D eigenvalue weighted by Crippen LogP contribution is -2.14. The van der Waals surface area contributed by atoms with Crippen LogP contribution in [0, 0.1) is 0 Å². The molecule has 0 bridgehead atoms. The van der Waals surface area contributed by atoms with E-state index in [1.165, 1.54) is 10.5 Å². The molecule has 4 rings (SSSR count). The molecule has 0 atom stereocenters. The fourth-order valence-corrected chi connectivity index (χ4v) is 5.48. The van der Waals surface area contributed by atoms with Crippen molar-refractivity contribution in [2.75, 3.05) is 32.6 Å². The summed E-state index contributed by atoms with van der Waals surface area (Å²) in [5.74, 6) is 0.695. The van der Waals surface area contributed by atoms with E-state index in [0.29, 0.717) is 34.1 Å².